The van der Waals surface area contributed by atoms with Gasteiger partial charge in [0.1, 0.15) is 11.8 Å². The van der Waals surface area contributed by atoms with Gasteiger partial charge in [-0.3, -0.25) is 9.59 Å². The molecular weight excluding hydrogens is 376 g/mol. The number of carbonyl (C=O) groups is 2. The van der Waals surface area contributed by atoms with Crippen LogP contribution < -0.4 is 10.1 Å². The van der Waals surface area contributed by atoms with Crippen LogP contribution in [0.3, 0.4) is 0 Å². The van der Waals surface area contributed by atoms with Crippen molar-refractivity contribution in [3.8, 4) is 5.75 Å². The van der Waals surface area contributed by atoms with E-state index in [1.807, 2.05) is 77.1 Å². The summed E-state index contributed by atoms with van der Waals surface area (Å²) < 4.78 is 5.83. The number of carbonyl (C=O) groups excluding carboxylic acids is 2. The lowest BCUT2D eigenvalue weighted by Gasteiger charge is -2.29. The number of nitrogens with zero attached hydrogens (tertiary/aromatic N) is 1. The van der Waals surface area contributed by atoms with E-state index in [1.165, 1.54) is 0 Å². The van der Waals surface area contributed by atoms with E-state index in [-0.39, 0.29) is 24.5 Å². The van der Waals surface area contributed by atoms with Crippen LogP contribution in [0.2, 0.25) is 0 Å². The molecule has 0 unspecified atom stereocenters. The minimum absolute atomic E-state index is 0.0578. The summed E-state index contributed by atoms with van der Waals surface area (Å²) in [6, 6.07) is 13.4. The lowest BCUT2D eigenvalue weighted by Crippen LogP contribution is -2.50. The molecule has 30 heavy (non-hydrogen) atoms. The Morgan fingerprint density at radius 1 is 1.00 bits per heavy atom. The number of nitrogens with one attached hydrogen (secondary N) is 1. The van der Waals surface area contributed by atoms with Crippen molar-refractivity contribution in [3.63, 3.8) is 0 Å². The van der Waals surface area contributed by atoms with Crippen LogP contribution in [0.4, 0.5) is 0 Å². The molecule has 2 aromatic carbocycles. The Morgan fingerprint density at radius 3 is 2.27 bits per heavy atom. The number of ether oxygens (including phenoxy) is 1. The monoisotopic (exact) mass is 410 g/mol. The van der Waals surface area contributed by atoms with Crippen LogP contribution in [-0.4, -0.2) is 35.4 Å². The molecule has 2 rings (SSSR count). The first-order valence-electron chi connectivity index (χ1n) is 10.6. The number of aryl methyl sites for hydroxylation is 3. The third-order valence-corrected chi connectivity index (χ3v) is 5.34. The van der Waals surface area contributed by atoms with Crippen molar-refractivity contribution in [1.29, 1.82) is 0 Å². The maximum atomic E-state index is 13.1. The van der Waals surface area contributed by atoms with Crippen molar-refractivity contribution < 1.29 is 14.3 Å². The van der Waals surface area contributed by atoms with Gasteiger partial charge in [0.05, 0.1) is 0 Å². The molecule has 5 heteroatoms. The summed E-state index contributed by atoms with van der Waals surface area (Å²) in [5.41, 5.74) is 4.17. The lowest BCUT2D eigenvalue weighted by atomic mass is 10.1. The van der Waals surface area contributed by atoms with Gasteiger partial charge in [-0.15, -0.1) is 0 Å². The molecule has 1 N–H and O–H groups in total. The van der Waals surface area contributed by atoms with E-state index in [9.17, 15) is 9.59 Å². The van der Waals surface area contributed by atoms with Crippen LogP contribution in [0.5, 0.6) is 5.75 Å². The Hall–Kier alpha value is -2.82. The highest BCUT2D eigenvalue weighted by molar-refractivity contribution is 5.88. The predicted molar refractivity (Wildman–Crippen MR) is 120 cm³/mol. The molecule has 0 heterocycles. The Kier molecular flexibility index (Phi) is 8.46. The number of hydrogen-bond acceptors (Lipinski definition) is 3. The zero-order valence-corrected chi connectivity index (χ0v) is 19.0. The second-order valence-electron chi connectivity index (χ2n) is 8.06. The molecule has 162 valence electrons. The topological polar surface area (TPSA) is 58.6 Å². The second kappa shape index (κ2) is 10.8. The first-order chi connectivity index (χ1) is 14.2. The Morgan fingerprint density at radius 2 is 1.63 bits per heavy atom. The van der Waals surface area contributed by atoms with Crippen molar-refractivity contribution >= 4 is 11.8 Å². The van der Waals surface area contributed by atoms with Crippen molar-refractivity contribution in [1.82, 2.24) is 10.2 Å². The van der Waals surface area contributed by atoms with Crippen molar-refractivity contribution in [2.24, 2.45) is 0 Å². The maximum Gasteiger partial charge on any atom is 0.261 e. The third kappa shape index (κ3) is 6.61. The molecule has 2 atom stereocenters. The quantitative estimate of drug-likeness (QED) is 0.670. The van der Waals surface area contributed by atoms with Crippen LogP contribution in [-0.2, 0) is 16.1 Å². The maximum absolute atomic E-state index is 13.1. The molecular formula is C25H34N2O3. The second-order valence-corrected chi connectivity index (χ2v) is 8.06. The fourth-order valence-electron chi connectivity index (χ4n) is 3.02. The molecule has 2 aromatic rings. The average Bonchev–Trinajstić information content (AvgIpc) is 2.73. The summed E-state index contributed by atoms with van der Waals surface area (Å²) >= 11 is 0. The molecule has 0 fully saturated rings. The highest BCUT2D eigenvalue weighted by Gasteiger charge is 2.27. The normalized spacial score (nSPS) is 12.7. The van der Waals surface area contributed by atoms with Crippen molar-refractivity contribution in [2.75, 3.05) is 6.61 Å². The molecule has 0 bridgehead atoms. The molecule has 0 saturated heterocycles. The summed E-state index contributed by atoms with van der Waals surface area (Å²) in [4.78, 5) is 27.4. The SMILES string of the molecule is CC[C@H](C)NC(=O)[C@H](C)N(Cc1ccc(C)cc1)C(=O)COc1cc(C)ccc1C. The number of hydrogen-bond donors (Lipinski definition) is 1. The highest BCUT2D eigenvalue weighted by atomic mass is 16.5. The largest absolute Gasteiger partial charge is 0.483 e. The Labute approximate surface area is 180 Å². The van der Waals surface area contributed by atoms with E-state index in [0.717, 1.165) is 28.7 Å². The van der Waals surface area contributed by atoms with Crippen LogP contribution >= 0.6 is 0 Å². The standard InChI is InChI=1S/C25H34N2O3/c1-7-20(5)26-25(29)21(6)27(15-22-12-9-17(2)10-13-22)24(28)16-30-23-14-18(3)8-11-19(23)4/h8-14,20-21H,7,15-16H2,1-6H3,(H,26,29)/t20-,21-/m0/s1. The van der Waals surface area contributed by atoms with Crippen molar-refractivity contribution in [3.05, 3.63) is 64.7 Å². The molecule has 0 saturated carbocycles. The first-order valence-corrected chi connectivity index (χ1v) is 10.6. The third-order valence-electron chi connectivity index (χ3n) is 5.34. The Bertz CT molecular complexity index is 861. The van der Waals surface area contributed by atoms with Gasteiger partial charge in [-0.2, -0.15) is 0 Å². The summed E-state index contributed by atoms with van der Waals surface area (Å²) in [5.74, 6) is 0.315. The van der Waals surface area contributed by atoms with Gasteiger partial charge >= 0.3 is 0 Å². The van der Waals surface area contributed by atoms with Crippen LogP contribution in [0.1, 0.15) is 49.4 Å². The summed E-state index contributed by atoms with van der Waals surface area (Å²) in [5, 5.41) is 2.98. The summed E-state index contributed by atoms with van der Waals surface area (Å²) in [6.45, 7) is 11.9. The Balaban J connectivity index is 2.17. The fraction of sp³-hybridized carbons (Fsp3) is 0.440. The van der Waals surface area contributed by atoms with Crippen LogP contribution in [0.25, 0.3) is 0 Å². The molecule has 0 radical (unpaired) electrons. The molecule has 0 spiro atoms. The molecule has 5 nitrogen and oxygen atoms in total. The molecule has 0 aliphatic heterocycles. The number of rotatable bonds is 9. The molecule has 0 aliphatic carbocycles. The van der Waals surface area contributed by atoms with Gasteiger partial charge in [0.15, 0.2) is 6.61 Å². The van der Waals surface area contributed by atoms with Crippen molar-refractivity contribution in [2.45, 2.75) is 66.6 Å². The van der Waals surface area contributed by atoms with E-state index < -0.39 is 6.04 Å². The van der Waals surface area contributed by atoms with E-state index in [0.29, 0.717) is 12.3 Å². The van der Waals surface area contributed by atoms with Gasteiger partial charge in [-0.05, 0) is 63.8 Å². The smallest absolute Gasteiger partial charge is 0.261 e. The molecule has 0 aliphatic rings. The summed E-state index contributed by atoms with van der Waals surface area (Å²) in [6.07, 6.45) is 0.833. The first kappa shape index (κ1) is 23.5. The van der Waals surface area contributed by atoms with E-state index in [1.54, 1.807) is 11.8 Å². The van der Waals surface area contributed by atoms with Gasteiger partial charge < -0.3 is 15.0 Å². The van der Waals surface area contributed by atoms with Gasteiger partial charge in [-0.1, -0.05) is 48.9 Å². The van der Waals surface area contributed by atoms with Gasteiger partial charge in [0, 0.05) is 12.6 Å². The van der Waals surface area contributed by atoms with Gasteiger partial charge in [0.2, 0.25) is 5.91 Å². The predicted octanol–water partition coefficient (Wildman–Crippen LogP) is 4.32. The minimum atomic E-state index is -0.602. The minimum Gasteiger partial charge on any atom is -0.483 e. The van der Waals surface area contributed by atoms with E-state index in [4.69, 9.17) is 4.74 Å². The molecule has 2 amide bonds. The van der Waals surface area contributed by atoms with Gasteiger partial charge in [0.25, 0.3) is 5.91 Å². The summed E-state index contributed by atoms with van der Waals surface area (Å²) in [7, 11) is 0. The zero-order chi connectivity index (χ0) is 22.3. The van der Waals surface area contributed by atoms with E-state index in [2.05, 4.69) is 5.32 Å². The zero-order valence-electron chi connectivity index (χ0n) is 19.0. The highest BCUT2D eigenvalue weighted by Crippen LogP contribution is 2.19. The van der Waals surface area contributed by atoms with E-state index >= 15 is 0 Å². The number of amides is 2. The fourth-order valence-corrected chi connectivity index (χ4v) is 3.02. The van der Waals surface area contributed by atoms with Crippen LogP contribution in [0, 0.1) is 20.8 Å². The van der Waals surface area contributed by atoms with Crippen LogP contribution in [0.15, 0.2) is 42.5 Å². The average molecular weight is 411 g/mol. The lowest BCUT2D eigenvalue weighted by molar-refractivity contribution is -0.142. The van der Waals surface area contributed by atoms with Gasteiger partial charge in [-0.25, -0.2) is 0 Å². The molecule has 0 aromatic heterocycles. The number of benzene rings is 2.